The van der Waals surface area contributed by atoms with Crippen LogP contribution in [-0.2, 0) is 7.05 Å². The maximum absolute atomic E-state index is 5.56. The Morgan fingerprint density at radius 2 is 1.93 bits per heavy atom. The van der Waals surface area contributed by atoms with E-state index >= 15 is 0 Å². The molecule has 3 heteroatoms. The van der Waals surface area contributed by atoms with Gasteiger partial charge in [-0.05, 0) is 19.1 Å². The van der Waals surface area contributed by atoms with Gasteiger partial charge in [0, 0.05) is 19.4 Å². The number of imidazole rings is 1. The molecule has 0 N–H and O–H groups in total. The van der Waals surface area contributed by atoms with E-state index in [0.717, 1.165) is 5.75 Å². The van der Waals surface area contributed by atoms with Gasteiger partial charge in [0.2, 0.25) is 0 Å². The lowest BCUT2D eigenvalue weighted by Gasteiger charge is -2.04. The van der Waals surface area contributed by atoms with Crippen LogP contribution in [0, 0.1) is 6.92 Å². The van der Waals surface area contributed by atoms with Crippen LogP contribution in [0.15, 0.2) is 36.7 Å². The molecular weight excluding hydrogens is 176 g/mol. The second-order valence-corrected chi connectivity index (χ2v) is 3.24. The van der Waals surface area contributed by atoms with Gasteiger partial charge in [-0.15, -0.1) is 0 Å². The third kappa shape index (κ3) is 1.76. The second-order valence-electron chi connectivity index (χ2n) is 3.24. The van der Waals surface area contributed by atoms with Gasteiger partial charge in [0.1, 0.15) is 5.75 Å². The third-order valence-corrected chi connectivity index (χ3v) is 2.01. The van der Waals surface area contributed by atoms with Gasteiger partial charge in [-0.2, -0.15) is 0 Å². The molecule has 3 nitrogen and oxygen atoms in total. The highest BCUT2D eigenvalue weighted by Gasteiger charge is 2.00. The lowest BCUT2D eigenvalue weighted by molar-refractivity contribution is 0.425. The molecule has 0 aliphatic rings. The van der Waals surface area contributed by atoms with Crippen LogP contribution in [0.1, 0.15) is 5.56 Å². The van der Waals surface area contributed by atoms with Gasteiger partial charge in [0.25, 0.3) is 0 Å². The van der Waals surface area contributed by atoms with Gasteiger partial charge in [-0.1, -0.05) is 17.7 Å². The summed E-state index contributed by atoms with van der Waals surface area (Å²) < 4.78 is 7.39. The van der Waals surface area contributed by atoms with Crippen molar-refractivity contribution in [2.45, 2.75) is 6.92 Å². The molecule has 1 aromatic carbocycles. The molecule has 1 aromatic heterocycles. The summed E-state index contributed by atoms with van der Waals surface area (Å²) in [5.41, 5.74) is 1.22. The normalized spacial score (nSPS) is 10.1. The predicted molar refractivity (Wildman–Crippen MR) is 54.5 cm³/mol. The number of hydrogen-bond donors (Lipinski definition) is 0. The Balaban J connectivity index is 2.19. The first kappa shape index (κ1) is 8.81. The summed E-state index contributed by atoms with van der Waals surface area (Å²) in [4.78, 5) is 4.07. The summed E-state index contributed by atoms with van der Waals surface area (Å²) in [7, 11) is 1.90. The molecule has 14 heavy (non-hydrogen) atoms. The van der Waals surface area contributed by atoms with E-state index in [1.54, 1.807) is 6.20 Å². The molecule has 0 radical (unpaired) electrons. The van der Waals surface area contributed by atoms with Crippen LogP contribution in [0.5, 0.6) is 11.8 Å². The molecule has 2 rings (SSSR count). The van der Waals surface area contributed by atoms with Gasteiger partial charge >= 0.3 is 6.01 Å². The van der Waals surface area contributed by atoms with E-state index in [1.807, 2.05) is 49.0 Å². The molecule has 0 saturated heterocycles. The van der Waals surface area contributed by atoms with Crippen molar-refractivity contribution in [3.05, 3.63) is 42.2 Å². The fourth-order valence-corrected chi connectivity index (χ4v) is 1.16. The molecule has 0 amide bonds. The van der Waals surface area contributed by atoms with Gasteiger partial charge < -0.3 is 9.30 Å². The molecular formula is C11H12N2O. The largest absolute Gasteiger partial charge is 0.426 e. The number of aryl methyl sites for hydroxylation is 2. The predicted octanol–water partition coefficient (Wildman–Crippen LogP) is 2.52. The quantitative estimate of drug-likeness (QED) is 0.724. The number of ether oxygens (including phenoxy) is 1. The van der Waals surface area contributed by atoms with Crippen molar-refractivity contribution >= 4 is 0 Å². The number of benzene rings is 1. The first-order chi connectivity index (χ1) is 6.75. The number of hydrogen-bond acceptors (Lipinski definition) is 2. The lowest BCUT2D eigenvalue weighted by atomic mass is 10.2. The van der Waals surface area contributed by atoms with Gasteiger partial charge in [0.05, 0.1) is 0 Å². The average Bonchev–Trinajstić information content (AvgIpc) is 2.56. The minimum absolute atomic E-state index is 0.605. The summed E-state index contributed by atoms with van der Waals surface area (Å²) in [6.07, 6.45) is 3.56. The number of rotatable bonds is 2. The lowest BCUT2D eigenvalue weighted by Crippen LogP contribution is -1.93. The van der Waals surface area contributed by atoms with Crippen molar-refractivity contribution in [1.29, 1.82) is 0 Å². The third-order valence-electron chi connectivity index (χ3n) is 2.01. The average molecular weight is 188 g/mol. The van der Waals surface area contributed by atoms with E-state index in [2.05, 4.69) is 4.98 Å². The zero-order valence-corrected chi connectivity index (χ0v) is 8.27. The van der Waals surface area contributed by atoms with E-state index < -0.39 is 0 Å². The Labute approximate surface area is 83.0 Å². The molecule has 0 bridgehead atoms. The van der Waals surface area contributed by atoms with Crippen LogP contribution in [0.4, 0.5) is 0 Å². The number of nitrogens with zero attached hydrogens (tertiary/aromatic N) is 2. The summed E-state index contributed by atoms with van der Waals surface area (Å²) in [5.74, 6) is 0.810. The molecule has 0 unspecified atom stereocenters. The highest BCUT2D eigenvalue weighted by atomic mass is 16.5. The Morgan fingerprint density at radius 3 is 2.50 bits per heavy atom. The van der Waals surface area contributed by atoms with E-state index in [9.17, 15) is 0 Å². The smallest absolute Gasteiger partial charge is 0.301 e. The summed E-state index contributed by atoms with van der Waals surface area (Å²) in [6, 6.07) is 8.50. The highest BCUT2D eigenvalue weighted by molar-refractivity contribution is 5.28. The topological polar surface area (TPSA) is 27.1 Å². The van der Waals surface area contributed by atoms with E-state index in [0.29, 0.717) is 6.01 Å². The SMILES string of the molecule is Cc1ccc(Oc2nccn2C)cc1. The minimum atomic E-state index is 0.605. The maximum Gasteiger partial charge on any atom is 0.301 e. The van der Waals surface area contributed by atoms with E-state index in [1.165, 1.54) is 5.56 Å². The molecule has 0 atom stereocenters. The van der Waals surface area contributed by atoms with Gasteiger partial charge in [-0.3, -0.25) is 0 Å². The first-order valence-corrected chi connectivity index (χ1v) is 4.47. The Hall–Kier alpha value is -1.77. The fraction of sp³-hybridized carbons (Fsp3) is 0.182. The van der Waals surface area contributed by atoms with Crippen LogP contribution < -0.4 is 4.74 Å². The molecule has 0 fully saturated rings. The van der Waals surface area contributed by atoms with E-state index in [4.69, 9.17) is 4.74 Å². The van der Waals surface area contributed by atoms with Crippen LogP contribution in [0.2, 0.25) is 0 Å². The van der Waals surface area contributed by atoms with Crippen molar-refractivity contribution in [3.8, 4) is 11.8 Å². The van der Waals surface area contributed by atoms with Crippen molar-refractivity contribution in [2.75, 3.05) is 0 Å². The van der Waals surface area contributed by atoms with E-state index in [-0.39, 0.29) is 0 Å². The monoisotopic (exact) mass is 188 g/mol. The first-order valence-electron chi connectivity index (χ1n) is 4.47. The van der Waals surface area contributed by atoms with Crippen LogP contribution in [0.25, 0.3) is 0 Å². The summed E-state index contributed by atoms with van der Waals surface area (Å²) in [5, 5.41) is 0. The summed E-state index contributed by atoms with van der Waals surface area (Å²) in [6.45, 7) is 2.05. The van der Waals surface area contributed by atoms with Crippen LogP contribution >= 0.6 is 0 Å². The Bertz CT molecular complexity index is 417. The second kappa shape index (κ2) is 3.54. The summed E-state index contributed by atoms with van der Waals surface area (Å²) >= 11 is 0. The van der Waals surface area contributed by atoms with Crippen molar-refractivity contribution < 1.29 is 4.74 Å². The van der Waals surface area contributed by atoms with Crippen LogP contribution in [0.3, 0.4) is 0 Å². The standard InChI is InChI=1S/C11H12N2O/c1-9-3-5-10(6-4-9)14-11-12-7-8-13(11)2/h3-8H,1-2H3. The molecule has 0 saturated carbocycles. The Kier molecular flexibility index (Phi) is 2.23. The highest BCUT2D eigenvalue weighted by Crippen LogP contribution is 2.18. The zero-order chi connectivity index (χ0) is 9.97. The minimum Gasteiger partial charge on any atom is -0.426 e. The van der Waals surface area contributed by atoms with Crippen molar-refractivity contribution in [1.82, 2.24) is 9.55 Å². The van der Waals surface area contributed by atoms with Crippen LogP contribution in [-0.4, -0.2) is 9.55 Å². The molecule has 0 aliphatic carbocycles. The molecule has 0 aliphatic heterocycles. The molecule has 72 valence electrons. The van der Waals surface area contributed by atoms with Gasteiger partial charge in [-0.25, -0.2) is 4.98 Å². The number of aromatic nitrogens is 2. The zero-order valence-electron chi connectivity index (χ0n) is 8.27. The maximum atomic E-state index is 5.56. The van der Waals surface area contributed by atoms with Crippen molar-refractivity contribution in [2.24, 2.45) is 7.05 Å². The Morgan fingerprint density at radius 1 is 1.21 bits per heavy atom. The molecule has 2 aromatic rings. The molecule has 0 spiro atoms. The molecule has 1 heterocycles. The fourth-order valence-electron chi connectivity index (χ4n) is 1.16. The van der Waals surface area contributed by atoms with Gasteiger partial charge in [0.15, 0.2) is 0 Å². The van der Waals surface area contributed by atoms with Crippen molar-refractivity contribution in [3.63, 3.8) is 0 Å².